The van der Waals surface area contributed by atoms with Gasteiger partial charge in [0.05, 0.1) is 0 Å². The number of hydrogen-bond donors (Lipinski definition) is 1. The first-order chi connectivity index (χ1) is 13.9. The monoisotopic (exact) mass is 428 g/mol. The average molecular weight is 429 g/mol. The van der Waals surface area contributed by atoms with Gasteiger partial charge in [-0.2, -0.15) is 0 Å². The average Bonchev–Trinajstić information content (AvgIpc) is 2.92. The molecule has 1 aliphatic heterocycles. The number of nitrogens with one attached hydrogen (secondary N) is 1. The van der Waals surface area contributed by atoms with Gasteiger partial charge in [0, 0.05) is 42.4 Å². The summed E-state index contributed by atoms with van der Waals surface area (Å²) in [7, 11) is 1.86. The molecule has 3 nitrogen and oxygen atoms in total. The van der Waals surface area contributed by atoms with Crippen LogP contribution in [0.4, 0.5) is 20.3 Å². The van der Waals surface area contributed by atoms with Crippen LogP contribution in [0.15, 0.2) is 66.5 Å². The normalized spacial score (nSPS) is 17.5. The van der Waals surface area contributed by atoms with Gasteiger partial charge >= 0.3 is 0 Å². The van der Waals surface area contributed by atoms with E-state index in [0.717, 1.165) is 28.2 Å². The molecule has 1 atom stereocenters. The molecule has 0 bridgehead atoms. The number of nitrogens with zero attached hydrogens (tertiary/aromatic N) is 2. The van der Waals surface area contributed by atoms with Crippen LogP contribution < -0.4 is 9.80 Å². The Hall–Kier alpha value is -2.76. The molecule has 1 unspecified atom stereocenters. The lowest BCUT2D eigenvalue weighted by Gasteiger charge is -2.37. The van der Waals surface area contributed by atoms with Crippen molar-refractivity contribution in [2.75, 3.05) is 12.4 Å². The van der Waals surface area contributed by atoms with E-state index in [1.807, 2.05) is 37.5 Å². The highest BCUT2D eigenvalue weighted by Crippen LogP contribution is 2.50. The molecule has 30 heavy (non-hydrogen) atoms. The number of benzene rings is 2. The molecule has 0 saturated carbocycles. The van der Waals surface area contributed by atoms with E-state index in [4.69, 9.17) is 0 Å². The van der Waals surface area contributed by atoms with Crippen LogP contribution in [0.3, 0.4) is 0 Å². The zero-order valence-electron chi connectivity index (χ0n) is 17.2. The molecule has 0 saturated heterocycles. The standard InChI is InChI=1S/C24H24F2N3.ClH/c1-16-17(2)29(14-18-7-9-20(25)10-8-18,15-19-5-4-6-21(26)13-19)23-22(16)11-12-28-24(23)27-3;/h4-13H,14-15H2,1-3H3,(H,27,28);1H/q+1;. The summed E-state index contributed by atoms with van der Waals surface area (Å²) in [5.41, 5.74) is 6.49. The van der Waals surface area contributed by atoms with Gasteiger partial charge in [-0.05, 0) is 37.3 Å². The smallest absolute Gasteiger partial charge is 0.189 e. The molecule has 4 rings (SSSR count). The van der Waals surface area contributed by atoms with E-state index < -0.39 is 0 Å². The van der Waals surface area contributed by atoms with Gasteiger partial charge < -0.3 is 5.32 Å². The van der Waals surface area contributed by atoms with Crippen molar-refractivity contribution in [3.05, 3.63) is 94.8 Å². The lowest BCUT2D eigenvalue weighted by molar-refractivity contribution is 0.332. The van der Waals surface area contributed by atoms with E-state index >= 15 is 0 Å². The molecule has 1 aromatic heterocycles. The lowest BCUT2D eigenvalue weighted by atomic mass is 10.1. The molecule has 3 aromatic rings. The molecule has 1 aliphatic rings. The Labute approximate surface area is 182 Å². The van der Waals surface area contributed by atoms with Gasteiger partial charge in [-0.15, -0.1) is 12.4 Å². The molecule has 0 spiro atoms. The number of aromatic nitrogens is 1. The maximum atomic E-state index is 14.0. The molecule has 2 heterocycles. The van der Waals surface area contributed by atoms with Crippen molar-refractivity contribution in [3.63, 3.8) is 0 Å². The van der Waals surface area contributed by atoms with E-state index in [1.54, 1.807) is 12.1 Å². The third-order valence-electron chi connectivity index (χ3n) is 5.89. The molecule has 0 radical (unpaired) electrons. The summed E-state index contributed by atoms with van der Waals surface area (Å²) >= 11 is 0. The number of anilines is 1. The van der Waals surface area contributed by atoms with E-state index in [2.05, 4.69) is 24.1 Å². The van der Waals surface area contributed by atoms with Gasteiger partial charge in [-0.25, -0.2) is 13.8 Å². The van der Waals surface area contributed by atoms with Crippen LogP contribution in [-0.4, -0.2) is 12.0 Å². The van der Waals surface area contributed by atoms with E-state index in [-0.39, 0.29) is 24.0 Å². The van der Waals surface area contributed by atoms with Crippen molar-refractivity contribution in [1.82, 2.24) is 9.47 Å². The van der Waals surface area contributed by atoms with Crippen molar-refractivity contribution in [2.24, 2.45) is 0 Å². The number of allylic oxidation sites excluding steroid dienone is 2. The van der Waals surface area contributed by atoms with Gasteiger partial charge in [0.2, 0.25) is 0 Å². The summed E-state index contributed by atoms with van der Waals surface area (Å²) in [4.78, 5) is 4.56. The highest BCUT2D eigenvalue weighted by Gasteiger charge is 2.45. The topological polar surface area (TPSA) is 24.9 Å². The van der Waals surface area contributed by atoms with Crippen LogP contribution in [0.2, 0.25) is 0 Å². The zero-order chi connectivity index (χ0) is 20.6. The van der Waals surface area contributed by atoms with Gasteiger partial charge in [-0.1, -0.05) is 24.3 Å². The fourth-order valence-electron chi connectivity index (χ4n) is 4.36. The summed E-state index contributed by atoms with van der Waals surface area (Å²) in [5, 5.41) is 3.23. The highest BCUT2D eigenvalue weighted by molar-refractivity contribution is 5.89. The van der Waals surface area contributed by atoms with E-state index in [0.29, 0.717) is 17.6 Å². The first-order valence-electron chi connectivity index (χ1n) is 9.66. The number of quaternary nitrogens is 1. The Balaban J connectivity index is 0.00000256. The maximum absolute atomic E-state index is 14.0. The molecule has 1 N–H and O–H groups in total. The minimum absolute atomic E-state index is 0. The van der Waals surface area contributed by atoms with Crippen molar-refractivity contribution < 1.29 is 8.78 Å². The van der Waals surface area contributed by atoms with Gasteiger partial charge in [0.15, 0.2) is 11.5 Å². The van der Waals surface area contributed by atoms with E-state index in [1.165, 1.54) is 29.5 Å². The fourth-order valence-corrected chi connectivity index (χ4v) is 4.36. The van der Waals surface area contributed by atoms with Crippen molar-refractivity contribution in [3.8, 4) is 0 Å². The first-order valence-corrected chi connectivity index (χ1v) is 9.66. The Morgan fingerprint density at radius 1 is 0.900 bits per heavy atom. The Kier molecular flexibility index (Phi) is 6.25. The number of hydrogen-bond acceptors (Lipinski definition) is 2. The largest absolute Gasteiger partial charge is 0.368 e. The van der Waals surface area contributed by atoms with Crippen LogP contribution in [0.25, 0.3) is 5.57 Å². The van der Waals surface area contributed by atoms with Crippen molar-refractivity contribution in [1.29, 1.82) is 0 Å². The minimum atomic E-state index is -0.256. The Bertz CT molecular complexity index is 1100. The number of fused-ring (bicyclic) bond motifs is 1. The van der Waals surface area contributed by atoms with E-state index in [9.17, 15) is 8.78 Å². The summed E-state index contributed by atoms with van der Waals surface area (Å²) in [6, 6.07) is 15.4. The number of halogens is 3. The van der Waals surface area contributed by atoms with Crippen LogP contribution in [0, 0.1) is 11.6 Å². The van der Waals surface area contributed by atoms with Gasteiger partial charge in [0.1, 0.15) is 30.4 Å². The quantitative estimate of drug-likeness (QED) is 0.482. The summed E-state index contributed by atoms with van der Waals surface area (Å²) in [5.74, 6) is 0.297. The first kappa shape index (κ1) is 21.9. The number of rotatable bonds is 5. The van der Waals surface area contributed by atoms with Crippen LogP contribution in [0.1, 0.15) is 30.5 Å². The highest BCUT2D eigenvalue weighted by atomic mass is 35.5. The minimum Gasteiger partial charge on any atom is -0.368 e. The van der Waals surface area contributed by atoms with Crippen LogP contribution in [-0.2, 0) is 13.1 Å². The SMILES string of the molecule is CNc1nccc2c1[N+](Cc1ccc(F)cc1)(Cc1cccc(F)c1)C(C)=C2C.Cl. The lowest BCUT2D eigenvalue weighted by Crippen LogP contribution is -2.45. The van der Waals surface area contributed by atoms with Crippen LogP contribution >= 0.6 is 12.4 Å². The van der Waals surface area contributed by atoms with Crippen LogP contribution in [0.5, 0.6) is 0 Å². The van der Waals surface area contributed by atoms with Gasteiger partial charge in [0.25, 0.3) is 0 Å². The molecular weight excluding hydrogens is 404 g/mol. The predicted molar refractivity (Wildman–Crippen MR) is 121 cm³/mol. The summed E-state index contributed by atoms with van der Waals surface area (Å²) in [6.45, 7) is 5.43. The second-order valence-electron chi connectivity index (χ2n) is 7.56. The fraction of sp³-hybridized carbons (Fsp3) is 0.208. The molecular formula is C24H25ClF2N3+. The molecule has 156 valence electrons. The molecule has 2 aromatic carbocycles. The maximum Gasteiger partial charge on any atom is 0.189 e. The Morgan fingerprint density at radius 2 is 1.60 bits per heavy atom. The Morgan fingerprint density at radius 3 is 2.27 bits per heavy atom. The summed E-state index contributed by atoms with van der Waals surface area (Å²) < 4.78 is 28.0. The zero-order valence-corrected chi connectivity index (χ0v) is 18.1. The van der Waals surface area contributed by atoms with Crippen molar-refractivity contribution >= 4 is 29.5 Å². The second kappa shape index (κ2) is 8.54. The second-order valence-corrected chi connectivity index (χ2v) is 7.56. The molecule has 0 fully saturated rings. The van der Waals surface area contributed by atoms with Crippen molar-refractivity contribution in [2.45, 2.75) is 26.9 Å². The summed E-state index contributed by atoms with van der Waals surface area (Å²) in [6.07, 6.45) is 1.81. The predicted octanol–water partition coefficient (Wildman–Crippen LogP) is 6.30. The number of pyridine rings is 1. The third-order valence-corrected chi connectivity index (χ3v) is 5.89. The molecule has 0 amide bonds. The molecule has 0 aliphatic carbocycles. The molecule has 6 heteroatoms. The van der Waals surface area contributed by atoms with Gasteiger partial charge in [-0.3, -0.25) is 4.48 Å². The third kappa shape index (κ3) is 3.71.